The fourth-order valence-corrected chi connectivity index (χ4v) is 3.92. The van der Waals surface area contributed by atoms with Crippen molar-refractivity contribution in [3.63, 3.8) is 0 Å². The molecular weight excluding hydrogens is 302 g/mol. The summed E-state index contributed by atoms with van der Waals surface area (Å²) in [6, 6.07) is 8.76. The molecule has 1 rings (SSSR count). The number of rotatable bonds is 10. The van der Waals surface area contributed by atoms with Crippen molar-refractivity contribution >= 4 is 21.6 Å². The SMILES string of the molecule is CCCNC(CCCS(C)(=O)=O)CSc1ccccc1C. The zero-order valence-electron chi connectivity index (χ0n) is 13.3. The molecule has 1 aromatic carbocycles. The largest absolute Gasteiger partial charge is 0.313 e. The fourth-order valence-electron chi connectivity index (χ4n) is 2.09. The predicted molar refractivity (Wildman–Crippen MR) is 92.9 cm³/mol. The lowest BCUT2D eigenvalue weighted by atomic mass is 10.2. The van der Waals surface area contributed by atoms with Crippen LogP contribution in [0.4, 0.5) is 0 Å². The summed E-state index contributed by atoms with van der Waals surface area (Å²) in [4.78, 5) is 1.31. The number of hydrogen-bond acceptors (Lipinski definition) is 4. The van der Waals surface area contributed by atoms with Crippen LogP contribution in [0.5, 0.6) is 0 Å². The van der Waals surface area contributed by atoms with Gasteiger partial charge in [-0.25, -0.2) is 8.42 Å². The molecule has 0 aromatic heterocycles. The van der Waals surface area contributed by atoms with Gasteiger partial charge in [-0.05, 0) is 44.4 Å². The van der Waals surface area contributed by atoms with Gasteiger partial charge in [0, 0.05) is 28.7 Å². The van der Waals surface area contributed by atoms with E-state index in [4.69, 9.17) is 0 Å². The Bertz CT molecular complexity index is 515. The molecule has 0 heterocycles. The second-order valence-electron chi connectivity index (χ2n) is 5.50. The Hall–Kier alpha value is -0.520. The number of hydrogen-bond donors (Lipinski definition) is 1. The quantitative estimate of drug-likeness (QED) is 0.669. The van der Waals surface area contributed by atoms with Crippen molar-refractivity contribution in [2.75, 3.05) is 24.3 Å². The summed E-state index contributed by atoms with van der Waals surface area (Å²) in [5, 5.41) is 3.53. The van der Waals surface area contributed by atoms with Gasteiger partial charge in [0.05, 0.1) is 0 Å². The Morgan fingerprint density at radius 2 is 2.00 bits per heavy atom. The van der Waals surface area contributed by atoms with Crippen LogP contribution < -0.4 is 5.32 Å². The molecule has 21 heavy (non-hydrogen) atoms. The third-order valence-electron chi connectivity index (χ3n) is 3.28. The van der Waals surface area contributed by atoms with Crippen LogP contribution in [0.3, 0.4) is 0 Å². The summed E-state index contributed by atoms with van der Waals surface area (Å²) in [6.45, 7) is 5.26. The number of sulfone groups is 1. The maximum Gasteiger partial charge on any atom is 0.147 e. The maximum atomic E-state index is 11.2. The number of benzene rings is 1. The third kappa shape index (κ3) is 8.49. The molecule has 1 aromatic rings. The predicted octanol–water partition coefficient (Wildman–Crippen LogP) is 3.28. The van der Waals surface area contributed by atoms with Gasteiger partial charge in [0.1, 0.15) is 9.84 Å². The van der Waals surface area contributed by atoms with E-state index in [9.17, 15) is 8.42 Å². The van der Waals surface area contributed by atoms with E-state index in [-0.39, 0.29) is 5.75 Å². The first-order valence-corrected chi connectivity index (χ1v) is 10.6. The third-order valence-corrected chi connectivity index (χ3v) is 5.65. The van der Waals surface area contributed by atoms with Gasteiger partial charge in [0.25, 0.3) is 0 Å². The van der Waals surface area contributed by atoms with E-state index in [1.54, 1.807) is 0 Å². The lowest BCUT2D eigenvalue weighted by Gasteiger charge is -2.18. The summed E-state index contributed by atoms with van der Waals surface area (Å²) in [6.07, 6.45) is 4.04. The number of nitrogens with one attached hydrogen (secondary N) is 1. The Morgan fingerprint density at radius 3 is 2.62 bits per heavy atom. The van der Waals surface area contributed by atoms with Crippen LogP contribution in [-0.2, 0) is 9.84 Å². The summed E-state index contributed by atoms with van der Waals surface area (Å²) in [7, 11) is -2.85. The van der Waals surface area contributed by atoms with Crippen molar-refractivity contribution in [2.45, 2.75) is 44.0 Å². The Balaban J connectivity index is 2.47. The van der Waals surface area contributed by atoms with Gasteiger partial charge in [0.2, 0.25) is 0 Å². The van der Waals surface area contributed by atoms with E-state index in [0.717, 1.165) is 31.6 Å². The van der Waals surface area contributed by atoms with Crippen molar-refractivity contribution in [3.8, 4) is 0 Å². The molecule has 0 saturated heterocycles. The van der Waals surface area contributed by atoms with Gasteiger partial charge in [0.15, 0.2) is 0 Å². The number of aryl methyl sites for hydroxylation is 1. The standard InChI is InChI=1S/C16H27NO2S2/c1-4-11-17-15(9-7-12-21(3,18)19)13-20-16-10-6-5-8-14(16)2/h5-6,8,10,15,17H,4,7,9,11-13H2,1-3H3. The summed E-state index contributed by atoms with van der Waals surface area (Å²) in [5.41, 5.74) is 1.30. The highest BCUT2D eigenvalue weighted by molar-refractivity contribution is 7.99. The van der Waals surface area contributed by atoms with Crippen molar-refractivity contribution in [3.05, 3.63) is 29.8 Å². The van der Waals surface area contributed by atoms with Gasteiger partial charge >= 0.3 is 0 Å². The van der Waals surface area contributed by atoms with Crippen LogP contribution in [0.1, 0.15) is 31.7 Å². The zero-order chi connectivity index (χ0) is 15.7. The average Bonchev–Trinajstić information content (AvgIpc) is 2.41. The summed E-state index contributed by atoms with van der Waals surface area (Å²) >= 11 is 1.85. The molecule has 0 aliphatic rings. The molecule has 5 heteroatoms. The molecule has 0 aliphatic heterocycles. The topological polar surface area (TPSA) is 46.2 Å². The minimum Gasteiger partial charge on any atom is -0.313 e. The first-order chi connectivity index (χ1) is 9.92. The summed E-state index contributed by atoms with van der Waals surface area (Å²) in [5.74, 6) is 1.26. The molecule has 0 saturated carbocycles. The van der Waals surface area contributed by atoms with E-state index < -0.39 is 9.84 Å². The van der Waals surface area contributed by atoms with Crippen LogP contribution in [0.2, 0.25) is 0 Å². The minimum atomic E-state index is -2.85. The Kier molecular flexibility index (Phi) is 8.37. The molecule has 0 fully saturated rings. The van der Waals surface area contributed by atoms with Gasteiger partial charge < -0.3 is 5.32 Å². The molecule has 0 spiro atoms. The molecule has 0 bridgehead atoms. The van der Waals surface area contributed by atoms with E-state index in [2.05, 4.69) is 43.4 Å². The highest BCUT2D eigenvalue weighted by atomic mass is 32.2. The molecule has 1 unspecified atom stereocenters. The fraction of sp³-hybridized carbons (Fsp3) is 0.625. The van der Waals surface area contributed by atoms with Crippen molar-refractivity contribution in [1.82, 2.24) is 5.32 Å². The Labute approximate surface area is 133 Å². The van der Waals surface area contributed by atoms with Crippen LogP contribution in [0.25, 0.3) is 0 Å². The van der Waals surface area contributed by atoms with Crippen LogP contribution in [0, 0.1) is 6.92 Å². The second-order valence-corrected chi connectivity index (χ2v) is 8.82. The van der Waals surface area contributed by atoms with Crippen molar-refractivity contribution < 1.29 is 8.42 Å². The van der Waals surface area contributed by atoms with Gasteiger partial charge in [-0.1, -0.05) is 25.1 Å². The van der Waals surface area contributed by atoms with Gasteiger partial charge in [-0.15, -0.1) is 11.8 Å². The monoisotopic (exact) mass is 329 g/mol. The normalized spacial score (nSPS) is 13.3. The van der Waals surface area contributed by atoms with Gasteiger partial charge in [-0.3, -0.25) is 0 Å². The lowest BCUT2D eigenvalue weighted by Crippen LogP contribution is -2.32. The average molecular weight is 330 g/mol. The molecular formula is C16H27NO2S2. The van der Waals surface area contributed by atoms with Crippen LogP contribution in [0.15, 0.2) is 29.2 Å². The van der Waals surface area contributed by atoms with Crippen molar-refractivity contribution in [1.29, 1.82) is 0 Å². The molecule has 0 aliphatic carbocycles. The highest BCUT2D eigenvalue weighted by Crippen LogP contribution is 2.23. The molecule has 0 radical (unpaired) electrons. The van der Waals surface area contributed by atoms with E-state index in [1.165, 1.54) is 16.7 Å². The first kappa shape index (κ1) is 18.5. The highest BCUT2D eigenvalue weighted by Gasteiger charge is 2.11. The van der Waals surface area contributed by atoms with Crippen molar-refractivity contribution in [2.24, 2.45) is 0 Å². The molecule has 0 amide bonds. The maximum absolute atomic E-state index is 11.2. The first-order valence-electron chi connectivity index (χ1n) is 7.52. The van der Waals surface area contributed by atoms with Gasteiger partial charge in [-0.2, -0.15) is 0 Å². The molecule has 3 nitrogen and oxygen atoms in total. The minimum absolute atomic E-state index is 0.284. The zero-order valence-corrected chi connectivity index (χ0v) is 14.9. The second kappa shape index (κ2) is 9.49. The molecule has 1 N–H and O–H groups in total. The molecule has 120 valence electrons. The lowest BCUT2D eigenvalue weighted by molar-refractivity contribution is 0.512. The van der Waals surface area contributed by atoms with Crippen LogP contribution in [-0.4, -0.2) is 38.8 Å². The van der Waals surface area contributed by atoms with E-state index in [1.807, 2.05) is 11.8 Å². The van der Waals surface area contributed by atoms with E-state index in [0.29, 0.717) is 6.04 Å². The summed E-state index contributed by atoms with van der Waals surface area (Å²) < 4.78 is 22.5. The number of thioether (sulfide) groups is 1. The van der Waals surface area contributed by atoms with Crippen LogP contribution >= 0.6 is 11.8 Å². The van der Waals surface area contributed by atoms with E-state index >= 15 is 0 Å². The molecule has 1 atom stereocenters. The Morgan fingerprint density at radius 1 is 1.29 bits per heavy atom. The smallest absolute Gasteiger partial charge is 0.147 e.